The number of nitrogens with one attached hydrogen (secondary N) is 1. The summed E-state index contributed by atoms with van der Waals surface area (Å²) >= 11 is 1.38. The van der Waals surface area contributed by atoms with Crippen LogP contribution in [0.1, 0.15) is 19.8 Å². The van der Waals surface area contributed by atoms with Gasteiger partial charge >= 0.3 is 11.7 Å². The molecule has 2 unspecified atom stereocenters. The van der Waals surface area contributed by atoms with Gasteiger partial charge in [0.2, 0.25) is 0 Å². The van der Waals surface area contributed by atoms with E-state index >= 15 is 0 Å². The van der Waals surface area contributed by atoms with Crippen LogP contribution in [0.2, 0.25) is 0 Å². The van der Waals surface area contributed by atoms with Crippen molar-refractivity contribution in [3.05, 3.63) is 10.5 Å². The minimum Gasteiger partial charge on any atom is -0.481 e. The van der Waals surface area contributed by atoms with Crippen LogP contribution in [0, 0.1) is 5.92 Å². The summed E-state index contributed by atoms with van der Waals surface area (Å²) < 4.78 is 1.52. The third-order valence-corrected chi connectivity index (χ3v) is 4.21. The molecule has 1 aliphatic carbocycles. The van der Waals surface area contributed by atoms with Crippen molar-refractivity contribution in [2.75, 3.05) is 0 Å². The molecule has 1 saturated carbocycles. The summed E-state index contributed by atoms with van der Waals surface area (Å²) in [4.78, 5) is 22.1. The maximum Gasteiger partial charge on any atom is 0.343 e. The van der Waals surface area contributed by atoms with E-state index in [2.05, 4.69) is 10.2 Å². The average molecular weight is 243 g/mol. The van der Waals surface area contributed by atoms with E-state index < -0.39 is 5.97 Å². The van der Waals surface area contributed by atoms with Gasteiger partial charge in [-0.3, -0.25) is 9.36 Å². The number of thioether (sulfide) groups is 1. The van der Waals surface area contributed by atoms with Crippen LogP contribution in [-0.4, -0.2) is 31.1 Å². The Hall–Kier alpha value is -1.24. The minimum atomic E-state index is -0.760. The van der Waals surface area contributed by atoms with Gasteiger partial charge in [0.25, 0.3) is 0 Å². The normalized spacial score (nSPS) is 24.1. The number of H-pyrrole nitrogens is 1. The summed E-state index contributed by atoms with van der Waals surface area (Å²) in [5, 5.41) is 15.8. The number of aromatic amines is 1. The first-order chi connectivity index (χ1) is 7.63. The monoisotopic (exact) mass is 243 g/mol. The van der Waals surface area contributed by atoms with Crippen molar-refractivity contribution in [2.24, 2.45) is 5.92 Å². The van der Waals surface area contributed by atoms with Crippen molar-refractivity contribution >= 4 is 17.7 Å². The third kappa shape index (κ3) is 1.87. The van der Waals surface area contributed by atoms with E-state index in [1.807, 2.05) is 6.92 Å². The van der Waals surface area contributed by atoms with Gasteiger partial charge in [0, 0.05) is 11.8 Å². The van der Waals surface area contributed by atoms with Gasteiger partial charge in [-0.2, -0.15) is 0 Å². The highest BCUT2D eigenvalue weighted by molar-refractivity contribution is 7.99. The van der Waals surface area contributed by atoms with Gasteiger partial charge < -0.3 is 5.11 Å². The number of hydrogen-bond acceptors (Lipinski definition) is 4. The SMILES string of the molecule is CCn1c(SC2CCC2C(=O)O)n[nH]c1=O. The number of nitrogens with zero attached hydrogens (tertiary/aromatic N) is 2. The Morgan fingerprint density at radius 3 is 2.94 bits per heavy atom. The average Bonchev–Trinajstić information content (AvgIpc) is 2.52. The number of carboxylic acid groups (broad SMARTS) is 1. The molecule has 0 aromatic carbocycles. The number of rotatable bonds is 4. The third-order valence-electron chi connectivity index (χ3n) is 2.82. The summed E-state index contributed by atoms with van der Waals surface area (Å²) in [7, 11) is 0. The minimum absolute atomic E-state index is 0.0398. The van der Waals surface area contributed by atoms with Crippen molar-refractivity contribution in [1.82, 2.24) is 14.8 Å². The Labute approximate surface area is 96.0 Å². The van der Waals surface area contributed by atoms with Crippen LogP contribution in [0.25, 0.3) is 0 Å². The molecule has 2 rings (SSSR count). The smallest absolute Gasteiger partial charge is 0.343 e. The second-order valence-electron chi connectivity index (χ2n) is 3.73. The molecule has 0 saturated heterocycles. The lowest BCUT2D eigenvalue weighted by Crippen LogP contribution is -2.35. The largest absolute Gasteiger partial charge is 0.481 e. The summed E-state index contributed by atoms with van der Waals surface area (Å²) in [6.45, 7) is 2.40. The summed E-state index contributed by atoms with van der Waals surface area (Å²) in [6.07, 6.45) is 1.58. The summed E-state index contributed by atoms with van der Waals surface area (Å²) in [6, 6.07) is 0. The molecule has 0 amide bonds. The lowest BCUT2D eigenvalue weighted by Gasteiger charge is -2.31. The first kappa shape index (κ1) is 11.3. The van der Waals surface area contributed by atoms with Crippen molar-refractivity contribution in [1.29, 1.82) is 0 Å². The molecular formula is C9H13N3O3S. The molecule has 1 aromatic rings. The molecule has 16 heavy (non-hydrogen) atoms. The van der Waals surface area contributed by atoms with Crippen LogP contribution >= 0.6 is 11.8 Å². The van der Waals surface area contributed by atoms with E-state index in [0.717, 1.165) is 6.42 Å². The van der Waals surface area contributed by atoms with E-state index in [1.165, 1.54) is 16.3 Å². The predicted molar refractivity (Wildman–Crippen MR) is 58.5 cm³/mol. The number of carboxylic acids is 1. The fraction of sp³-hybridized carbons (Fsp3) is 0.667. The molecule has 0 aliphatic heterocycles. The zero-order chi connectivity index (χ0) is 11.7. The number of aliphatic carboxylic acids is 1. The molecule has 6 nitrogen and oxygen atoms in total. The van der Waals surface area contributed by atoms with E-state index in [0.29, 0.717) is 18.1 Å². The predicted octanol–water partition coefficient (Wildman–Crippen LogP) is 0.547. The van der Waals surface area contributed by atoms with Gasteiger partial charge in [0.1, 0.15) is 0 Å². The fourth-order valence-electron chi connectivity index (χ4n) is 1.70. The van der Waals surface area contributed by atoms with Crippen molar-refractivity contribution in [3.63, 3.8) is 0 Å². The highest BCUT2D eigenvalue weighted by atomic mass is 32.2. The van der Waals surface area contributed by atoms with E-state index in [1.54, 1.807) is 0 Å². The zero-order valence-electron chi connectivity index (χ0n) is 8.84. The molecule has 0 bridgehead atoms. The van der Waals surface area contributed by atoms with Gasteiger partial charge in [-0.25, -0.2) is 9.89 Å². The van der Waals surface area contributed by atoms with E-state index in [9.17, 15) is 9.59 Å². The Bertz CT molecular complexity index is 453. The Morgan fingerprint density at radius 1 is 1.69 bits per heavy atom. The zero-order valence-corrected chi connectivity index (χ0v) is 9.66. The van der Waals surface area contributed by atoms with Crippen LogP contribution in [0.5, 0.6) is 0 Å². The maximum atomic E-state index is 11.3. The van der Waals surface area contributed by atoms with Crippen molar-refractivity contribution in [2.45, 2.75) is 36.7 Å². The summed E-state index contributed by atoms with van der Waals surface area (Å²) in [5.74, 6) is -1.06. The second kappa shape index (κ2) is 4.32. The van der Waals surface area contributed by atoms with Gasteiger partial charge in [0.05, 0.1) is 5.92 Å². The molecular weight excluding hydrogens is 230 g/mol. The van der Waals surface area contributed by atoms with Gasteiger partial charge in [-0.15, -0.1) is 5.10 Å². The first-order valence-corrected chi connectivity index (χ1v) is 6.06. The molecule has 1 aromatic heterocycles. The van der Waals surface area contributed by atoms with E-state index in [-0.39, 0.29) is 16.9 Å². The number of carbonyl (C=O) groups is 1. The van der Waals surface area contributed by atoms with Crippen LogP contribution in [-0.2, 0) is 11.3 Å². The molecule has 88 valence electrons. The van der Waals surface area contributed by atoms with Crippen LogP contribution in [0.3, 0.4) is 0 Å². The van der Waals surface area contributed by atoms with Crippen LogP contribution < -0.4 is 5.69 Å². The molecule has 7 heteroatoms. The molecule has 1 heterocycles. The number of aromatic nitrogens is 3. The summed E-state index contributed by atoms with van der Waals surface area (Å²) in [5.41, 5.74) is -0.240. The molecule has 1 aliphatic rings. The standard InChI is InChI=1S/C9H13N3O3S/c1-2-12-8(15)10-11-9(12)16-6-4-3-5(6)7(13)14/h5-6H,2-4H2,1H3,(H,10,15)(H,13,14). The molecule has 1 fully saturated rings. The fourth-order valence-corrected chi connectivity index (χ4v) is 3.08. The number of hydrogen-bond donors (Lipinski definition) is 2. The quantitative estimate of drug-likeness (QED) is 0.806. The first-order valence-electron chi connectivity index (χ1n) is 5.18. The molecule has 0 spiro atoms. The van der Waals surface area contributed by atoms with Crippen molar-refractivity contribution in [3.8, 4) is 0 Å². The second-order valence-corrected chi connectivity index (χ2v) is 4.94. The lowest BCUT2D eigenvalue weighted by atomic mass is 9.85. The highest BCUT2D eigenvalue weighted by Gasteiger charge is 2.38. The Kier molecular flexibility index (Phi) is 3.04. The van der Waals surface area contributed by atoms with Crippen LogP contribution in [0.4, 0.5) is 0 Å². The van der Waals surface area contributed by atoms with Crippen LogP contribution in [0.15, 0.2) is 9.95 Å². The van der Waals surface area contributed by atoms with Crippen molar-refractivity contribution < 1.29 is 9.90 Å². The Morgan fingerprint density at radius 2 is 2.44 bits per heavy atom. The lowest BCUT2D eigenvalue weighted by molar-refractivity contribution is -0.144. The molecule has 0 radical (unpaired) electrons. The maximum absolute atomic E-state index is 11.3. The topological polar surface area (TPSA) is 88.0 Å². The van der Waals surface area contributed by atoms with Gasteiger partial charge in [0.15, 0.2) is 5.16 Å². The van der Waals surface area contributed by atoms with Gasteiger partial charge in [-0.05, 0) is 19.8 Å². The van der Waals surface area contributed by atoms with Gasteiger partial charge in [-0.1, -0.05) is 11.8 Å². The Balaban J connectivity index is 2.10. The van der Waals surface area contributed by atoms with E-state index in [4.69, 9.17) is 5.11 Å². The molecule has 2 N–H and O–H groups in total. The highest BCUT2D eigenvalue weighted by Crippen LogP contribution is 2.40. The molecule has 2 atom stereocenters.